The van der Waals surface area contributed by atoms with Crippen LogP contribution in [0.15, 0.2) is 33.7 Å². The Balaban J connectivity index is 1.67. The first-order valence-corrected chi connectivity index (χ1v) is 10.9. The van der Waals surface area contributed by atoms with Crippen molar-refractivity contribution in [2.75, 3.05) is 39.8 Å². The molecule has 1 aromatic heterocycles. The Morgan fingerprint density at radius 3 is 2.70 bits per heavy atom. The second-order valence-corrected chi connectivity index (χ2v) is 9.03. The molecule has 1 unspecified atom stereocenters. The number of sulfonamides is 1. The number of rotatable bonds is 4. The van der Waals surface area contributed by atoms with Crippen LogP contribution in [0.25, 0.3) is 11.5 Å². The van der Waals surface area contributed by atoms with Crippen molar-refractivity contribution in [1.29, 1.82) is 0 Å². The van der Waals surface area contributed by atoms with Crippen LogP contribution in [-0.2, 0) is 10.0 Å². The van der Waals surface area contributed by atoms with Gasteiger partial charge in [-0.25, -0.2) is 8.42 Å². The fourth-order valence-electron chi connectivity index (χ4n) is 3.69. The Morgan fingerprint density at radius 2 is 1.93 bits per heavy atom. The normalized spacial score (nSPS) is 22.8. The van der Waals surface area contributed by atoms with Gasteiger partial charge in [0, 0.05) is 32.7 Å². The average Bonchev–Trinajstić information content (AvgIpc) is 3.19. The molecule has 8 nitrogen and oxygen atoms in total. The summed E-state index contributed by atoms with van der Waals surface area (Å²) in [6, 6.07) is 6.90. The van der Waals surface area contributed by atoms with Crippen LogP contribution < -0.4 is 5.32 Å². The molecule has 0 radical (unpaired) electrons. The standard InChI is InChI=1S/C18H25N5O3S/c1-22-12-9-19-13-15(22)17-20-18(26-21-17)14-7-3-4-8-16(14)27(24,25)23-10-5-2-6-11-23/h3-4,7-8,15,19H,2,5-6,9-13H2,1H3. The van der Waals surface area contributed by atoms with Gasteiger partial charge in [0.15, 0.2) is 5.82 Å². The second kappa shape index (κ2) is 7.67. The highest BCUT2D eigenvalue weighted by molar-refractivity contribution is 7.89. The number of piperidine rings is 1. The summed E-state index contributed by atoms with van der Waals surface area (Å²) in [6.07, 6.45) is 2.86. The molecule has 1 atom stereocenters. The lowest BCUT2D eigenvalue weighted by Crippen LogP contribution is -2.44. The Morgan fingerprint density at radius 1 is 1.15 bits per heavy atom. The highest BCUT2D eigenvalue weighted by Gasteiger charge is 2.31. The van der Waals surface area contributed by atoms with Crippen molar-refractivity contribution in [1.82, 2.24) is 24.7 Å². The monoisotopic (exact) mass is 391 g/mol. The summed E-state index contributed by atoms with van der Waals surface area (Å²) in [5.41, 5.74) is 0.466. The van der Waals surface area contributed by atoms with Crippen molar-refractivity contribution in [2.45, 2.75) is 30.2 Å². The number of nitrogens with one attached hydrogen (secondary N) is 1. The van der Waals surface area contributed by atoms with Crippen LogP contribution in [0, 0.1) is 0 Å². The molecule has 27 heavy (non-hydrogen) atoms. The van der Waals surface area contributed by atoms with Crippen LogP contribution in [0.4, 0.5) is 0 Å². The van der Waals surface area contributed by atoms with Gasteiger partial charge >= 0.3 is 0 Å². The predicted octanol–water partition coefficient (Wildman–Crippen LogP) is 1.49. The van der Waals surface area contributed by atoms with Gasteiger partial charge in [0.25, 0.3) is 5.89 Å². The molecule has 2 aromatic rings. The number of hydrogen-bond acceptors (Lipinski definition) is 7. The van der Waals surface area contributed by atoms with Crippen molar-refractivity contribution >= 4 is 10.0 Å². The van der Waals surface area contributed by atoms with Crippen molar-refractivity contribution in [2.24, 2.45) is 0 Å². The van der Waals surface area contributed by atoms with E-state index in [2.05, 4.69) is 20.4 Å². The molecule has 0 aliphatic carbocycles. The lowest BCUT2D eigenvalue weighted by atomic mass is 10.2. The molecule has 0 spiro atoms. The molecule has 146 valence electrons. The van der Waals surface area contributed by atoms with Crippen LogP contribution in [-0.4, -0.2) is 67.5 Å². The number of likely N-dealkylation sites (N-methyl/N-ethyl adjacent to an activating group) is 1. The summed E-state index contributed by atoms with van der Waals surface area (Å²) in [7, 11) is -1.56. The molecular weight excluding hydrogens is 366 g/mol. The van der Waals surface area contributed by atoms with Gasteiger partial charge in [-0.05, 0) is 32.0 Å². The molecule has 2 saturated heterocycles. The van der Waals surface area contributed by atoms with Gasteiger partial charge in [-0.3, -0.25) is 4.90 Å². The zero-order valence-electron chi connectivity index (χ0n) is 15.5. The third-order valence-corrected chi connectivity index (χ3v) is 7.26. The SMILES string of the molecule is CN1CCNCC1c1noc(-c2ccccc2S(=O)(=O)N2CCCCC2)n1. The van der Waals surface area contributed by atoms with E-state index in [0.29, 0.717) is 24.5 Å². The molecule has 2 aliphatic rings. The third-order valence-electron chi connectivity index (χ3n) is 5.30. The van der Waals surface area contributed by atoms with Gasteiger partial charge in [-0.2, -0.15) is 9.29 Å². The Hall–Kier alpha value is -1.81. The highest BCUT2D eigenvalue weighted by Crippen LogP contribution is 2.31. The van der Waals surface area contributed by atoms with E-state index in [1.807, 2.05) is 7.05 Å². The number of hydrogen-bond donors (Lipinski definition) is 1. The number of aromatic nitrogens is 2. The molecule has 4 rings (SSSR count). The Bertz CT molecular complexity index is 892. The third kappa shape index (κ3) is 3.64. The van der Waals surface area contributed by atoms with Gasteiger partial charge in [-0.1, -0.05) is 23.7 Å². The van der Waals surface area contributed by atoms with E-state index in [-0.39, 0.29) is 16.8 Å². The summed E-state index contributed by atoms with van der Waals surface area (Å²) in [5, 5.41) is 7.45. The second-order valence-electron chi connectivity index (χ2n) is 7.12. The molecular formula is C18H25N5O3S. The van der Waals surface area contributed by atoms with Gasteiger partial charge < -0.3 is 9.84 Å². The topological polar surface area (TPSA) is 91.6 Å². The highest BCUT2D eigenvalue weighted by atomic mass is 32.2. The first-order chi connectivity index (χ1) is 13.1. The van der Waals surface area contributed by atoms with E-state index >= 15 is 0 Å². The summed E-state index contributed by atoms with van der Waals surface area (Å²) >= 11 is 0. The van der Waals surface area contributed by atoms with Gasteiger partial charge in [0.2, 0.25) is 10.0 Å². The lowest BCUT2D eigenvalue weighted by molar-refractivity contribution is 0.190. The van der Waals surface area contributed by atoms with E-state index in [9.17, 15) is 8.42 Å². The largest absolute Gasteiger partial charge is 0.334 e. The maximum Gasteiger partial charge on any atom is 0.259 e. The quantitative estimate of drug-likeness (QED) is 0.844. The zero-order valence-corrected chi connectivity index (χ0v) is 16.3. The molecule has 1 N–H and O–H groups in total. The van der Waals surface area contributed by atoms with E-state index in [0.717, 1.165) is 38.9 Å². The van der Waals surface area contributed by atoms with E-state index < -0.39 is 10.0 Å². The first-order valence-electron chi connectivity index (χ1n) is 9.41. The molecule has 1 aromatic carbocycles. The maximum atomic E-state index is 13.2. The van der Waals surface area contributed by atoms with Gasteiger partial charge in [0.1, 0.15) is 0 Å². The van der Waals surface area contributed by atoms with Crippen LogP contribution in [0.1, 0.15) is 31.1 Å². The number of nitrogens with zero attached hydrogens (tertiary/aromatic N) is 4. The smallest absolute Gasteiger partial charge is 0.259 e. The van der Waals surface area contributed by atoms with Crippen LogP contribution in [0.2, 0.25) is 0 Å². The predicted molar refractivity (Wildman–Crippen MR) is 101 cm³/mol. The van der Waals surface area contributed by atoms with Gasteiger partial charge in [-0.15, -0.1) is 0 Å². The van der Waals surface area contributed by atoms with Crippen LogP contribution >= 0.6 is 0 Å². The summed E-state index contributed by atoms with van der Waals surface area (Å²) in [4.78, 5) is 6.93. The molecule has 0 saturated carbocycles. The van der Waals surface area contributed by atoms with Gasteiger partial charge in [0.05, 0.1) is 16.5 Å². The molecule has 2 fully saturated rings. The number of piperazine rings is 1. The van der Waals surface area contributed by atoms with E-state index in [1.165, 1.54) is 0 Å². The first kappa shape index (κ1) is 18.5. The number of benzene rings is 1. The summed E-state index contributed by atoms with van der Waals surface area (Å²) < 4.78 is 33.4. The molecule has 0 bridgehead atoms. The molecule has 9 heteroatoms. The molecule has 3 heterocycles. The van der Waals surface area contributed by atoms with Crippen molar-refractivity contribution in [3.63, 3.8) is 0 Å². The lowest BCUT2D eigenvalue weighted by Gasteiger charge is -2.30. The van der Waals surface area contributed by atoms with E-state index in [1.54, 1.807) is 28.6 Å². The molecule has 2 aliphatic heterocycles. The minimum absolute atomic E-state index is 0.0158. The summed E-state index contributed by atoms with van der Waals surface area (Å²) in [5.74, 6) is 0.824. The van der Waals surface area contributed by atoms with Crippen LogP contribution in [0.5, 0.6) is 0 Å². The van der Waals surface area contributed by atoms with Crippen molar-refractivity contribution in [3.8, 4) is 11.5 Å². The van der Waals surface area contributed by atoms with Crippen LogP contribution in [0.3, 0.4) is 0 Å². The maximum absolute atomic E-state index is 13.2. The molecule has 0 amide bonds. The van der Waals surface area contributed by atoms with Crippen molar-refractivity contribution < 1.29 is 12.9 Å². The van der Waals surface area contributed by atoms with E-state index in [4.69, 9.17) is 4.52 Å². The Labute approximate surface area is 159 Å². The Kier molecular flexibility index (Phi) is 5.27. The fourth-order valence-corrected chi connectivity index (χ4v) is 5.39. The van der Waals surface area contributed by atoms with Crippen molar-refractivity contribution in [3.05, 3.63) is 30.1 Å². The minimum atomic E-state index is -3.58. The summed E-state index contributed by atoms with van der Waals surface area (Å²) in [6.45, 7) is 3.68. The average molecular weight is 391 g/mol. The zero-order chi connectivity index (χ0) is 18.9. The minimum Gasteiger partial charge on any atom is -0.334 e. The fraction of sp³-hybridized carbons (Fsp3) is 0.556.